The molecule has 2 N–H and O–H groups in total. The molecule has 4 aromatic rings. The highest BCUT2D eigenvalue weighted by Crippen LogP contribution is 2.29. The van der Waals surface area contributed by atoms with E-state index in [2.05, 4.69) is 27.3 Å². The molecule has 8 nitrogen and oxygen atoms in total. The largest absolute Gasteiger partial charge is 0.507 e. The van der Waals surface area contributed by atoms with Gasteiger partial charge in [0.2, 0.25) is 0 Å². The number of benzene rings is 3. The van der Waals surface area contributed by atoms with Crippen LogP contribution in [-0.2, 0) is 11.2 Å². The third kappa shape index (κ3) is 6.38. The van der Waals surface area contributed by atoms with Gasteiger partial charge in [-0.1, -0.05) is 41.6 Å². The minimum atomic E-state index is -0.334. The predicted molar refractivity (Wildman–Crippen MR) is 147 cm³/mol. The molecule has 188 valence electrons. The summed E-state index contributed by atoms with van der Waals surface area (Å²) in [6.07, 6.45) is 3.64. The van der Waals surface area contributed by atoms with Crippen LogP contribution in [-0.4, -0.2) is 44.9 Å². The van der Waals surface area contributed by atoms with Crippen LogP contribution >= 0.6 is 23.4 Å². The van der Waals surface area contributed by atoms with E-state index in [1.807, 2.05) is 47.0 Å². The molecular formula is C27H24ClN5O3S. The average Bonchev–Trinajstić information content (AvgIpc) is 3.34. The summed E-state index contributed by atoms with van der Waals surface area (Å²) in [6.45, 7) is 3.69. The zero-order chi connectivity index (χ0) is 26.2. The number of allylic oxidation sites excluding steroid dienone is 1. The average molecular weight is 534 g/mol. The zero-order valence-electron chi connectivity index (χ0n) is 20.0. The molecule has 10 heteroatoms. The molecular weight excluding hydrogens is 510 g/mol. The van der Waals surface area contributed by atoms with Crippen LogP contribution < -0.4 is 10.2 Å². The molecule has 0 bridgehead atoms. The summed E-state index contributed by atoms with van der Waals surface area (Å²) in [4.78, 5) is 12.5. The molecule has 3 aromatic carbocycles. The lowest BCUT2D eigenvalue weighted by Crippen LogP contribution is -2.20. The lowest BCUT2D eigenvalue weighted by molar-refractivity contribution is -0.118. The Morgan fingerprint density at radius 3 is 2.62 bits per heavy atom. The highest BCUT2D eigenvalue weighted by atomic mass is 35.5. The number of aromatic nitrogens is 3. The minimum Gasteiger partial charge on any atom is -0.507 e. The minimum absolute atomic E-state index is 0.0498. The number of amides is 1. The van der Waals surface area contributed by atoms with Crippen molar-refractivity contribution >= 4 is 35.5 Å². The number of aromatic hydroxyl groups is 1. The number of carbonyl (C=O) groups is 1. The fraction of sp³-hybridized carbons (Fsp3) is 0.111. The maximum Gasteiger partial charge on any atom is 0.250 e. The second kappa shape index (κ2) is 12.2. The van der Waals surface area contributed by atoms with E-state index in [0.717, 1.165) is 22.6 Å². The van der Waals surface area contributed by atoms with E-state index in [9.17, 15) is 9.90 Å². The van der Waals surface area contributed by atoms with E-state index in [1.165, 1.54) is 18.0 Å². The van der Waals surface area contributed by atoms with Crippen molar-refractivity contribution in [1.82, 2.24) is 20.2 Å². The van der Waals surface area contributed by atoms with Crippen LogP contribution in [0.25, 0.3) is 17.1 Å². The van der Waals surface area contributed by atoms with Crippen molar-refractivity contribution in [2.24, 2.45) is 5.10 Å². The van der Waals surface area contributed by atoms with Crippen molar-refractivity contribution in [2.45, 2.75) is 11.6 Å². The fourth-order valence-electron chi connectivity index (χ4n) is 3.49. The van der Waals surface area contributed by atoms with E-state index >= 15 is 0 Å². The smallest absolute Gasteiger partial charge is 0.250 e. The molecule has 0 aliphatic carbocycles. The van der Waals surface area contributed by atoms with E-state index in [-0.39, 0.29) is 17.4 Å². The predicted octanol–water partition coefficient (Wildman–Crippen LogP) is 5.27. The van der Waals surface area contributed by atoms with Crippen molar-refractivity contribution in [3.63, 3.8) is 0 Å². The second-order valence-electron chi connectivity index (χ2n) is 7.78. The summed E-state index contributed by atoms with van der Waals surface area (Å²) in [5.74, 6) is 1.17. The van der Waals surface area contributed by atoms with Crippen molar-refractivity contribution in [3.8, 4) is 28.6 Å². The van der Waals surface area contributed by atoms with Crippen LogP contribution in [0, 0.1) is 0 Å². The number of hydrogen-bond donors (Lipinski definition) is 2. The number of nitrogens with zero attached hydrogens (tertiary/aromatic N) is 4. The number of methoxy groups -OCH3 is 1. The van der Waals surface area contributed by atoms with E-state index in [1.54, 1.807) is 37.5 Å². The normalized spacial score (nSPS) is 11.0. The number of phenolic OH excluding ortho intramolecular Hbond substituents is 1. The first-order valence-electron chi connectivity index (χ1n) is 11.2. The van der Waals surface area contributed by atoms with E-state index < -0.39 is 0 Å². The van der Waals surface area contributed by atoms with Crippen LogP contribution in [0.4, 0.5) is 0 Å². The summed E-state index contributed by atoms with van der Waals surface area (Å²) in [5, 5.41) is 24.1. The van der Waals surface area contributed by atoms with Gasteiger partial charge in [-0.25, -0.2) is 5.43 Å². The summed E-state index contributed by atoms with van der Waals surface area (Å²) in [6, 6.07) is 20.1. The number of hydrogen-bond acceptors (Lipinski definition) is 7. The van der Waals surface area contributed by atoms with E-state index in [0.29, 0.717) is 28.0 Å². The van der Waals surface area contributed by atoms with Crippen molar-refractivity contribution < 1.29 is 14.6 Å². The molecule has 1 amide bonds. The first-order valence-corrected chi connectivity index (χ1v) is 12.6. The van der Waals surface area contributed by atoms with Crippen LogP contribution in [0.2, 0.25) is 5.02 Å². The lowest BCUT2D eigenvalue weighted by Gasteiger charge is -2.11. The van der Waals surface area contributed by atoms with Gasteiger partial charge >= 0.3 is 0 Å². The van der Waals surface area contributed by atoms with Gasteiger partial charge in [-0.3, -0.25) is 9.36 Å². The number of hydrazone groups is 1. The lowest BCUT2D eigenvalue weighted by atomic mass is 10.1. The molecule has 1 heterocycles. The number of halogens is 1. The summed E-state index contributed by atoms with van der Waals surface area (Å²) < 4.78 is 7.12. The number of para-hydroxylation sites is 1. The van der Waals surface area contributed by atoms with Gasteiger partial charge in [0.25, 0.3) is 5.91 Å². The molecule has 4 rings (SSSR count). The monoisotopic (exact) mass is 533 g/mol. The molecule has 37 heavy (non-hydrogen) atoms. The third-order valence-electron chi connectivity index (χ3n) is 5.31. The van der Waals surface area contributed by atoms with Gasteiger partial charge in [0, 0.05) is 21.8 Å². The molecule has 1 aromatic heterocycles. The SMILES string of the molecule is C=CCc1cccc(C=NNC(=O)CSc2nnc(-c3ccc(OC)cc3)n2-c2ccc(Cl)cc2)c1O. The number of thioether (sulfide) groups is 1. The molecule has 0 saturated heterocycles. The summed E-state index contributed by atoms with van der Waals surface area (Å²) >= 11 is 7.31. The molecule has 0 aliphatic heterocycles. The molecule has 0 saturated carbocycles. The van der Waals surface area contributed by atoms with Gasteiger partial charge in [0.05, 0.1) is 19.1 Å². The standard InChI is InChI=1S/C27H24ClN5O3S/c1-3-5-18-6-4-7-20(25(18)35)16-29-30-24(34)17-37-27-32-31-26(19-8-14-23(36-2)15-9-19)33(27)22-12-10-21(28)11-13-22/h3-4,6-16,35H,1,5,17H2,2H3,(H,30,34). The number of rotatable bonds is 10. The van der Waals surface area contributed by atoms with Crippen LogP contribution in [0.15, 0.2) is 89.6 Å². The Morgan fingerprint density at radius 2 is 1.92 bits per heavy atom. The van der Waals surface area contributed by atoms with Crippen LogP contribution in [0.5, 0.6) is 11.5 Å². The van der Waals surface area contributed by atoms with Gasteiger partial charge in [-0.05, 0) is 66.6 Å². The van der Waals surface area contributed by atoms with Crippen LogP contribution in [0.3, 0.4) is 0 Å². The zero-order valence-corrected chi connectivity index (χ0v) is 21.5. The molecule has 0 atom stereocenters. The van der Waals surface area contributed by atoms with Crippen molar-refractivity contribution in [1.29, 1.82) is 0 Å². The molecule has 0 aliphatic rings. The molecule has 0 fully saturated rings. The Bertz CT molecular complexity index is 1420. The van der Waals surface area contributed by atoms with Gasteiger partial charge in [-0.2, -0.15) is 5.10 Å². The first kappa shape index (κ1) is 26.0. The number of nitrogens with one attached hydrogen (secondary N) is 1. The van der Waals surface area contributed by atoms with Gasteiger partial charge in [0.1, 0.15) is 11.5 Å². The molecule has 0 unspecified atom stereocenters. The summed E-state index contributed by atoms with van der Waals surface area (Å²) in [7, 11) is 1.61. The number of carbonyl (C=O) groups excluding carboxylic acids is 1. The summed E-state index contributed by atoms with van der Waals surface area (Å²) in [5.41, 5.74) is 5.36. The third-order valence-corrected chi connectivity index (χ3v) is 6.49. The van der Waals surface area contributed by atoms with Gasteiger partial charge in [0.15, 0.2) is 11.0 Å². The van der Waals surface area contributed by atoms with Gasteiger partial charge in [-0.15, -0.1) is 16.8 Å². The maximum atomic E-state index is 12.5. The number of ether oxygens (including phenoxy) is 1. The van der Waals surface area contributed by atoms with Crippen molar-refractivity contribution in [3.05, 3.63) is 95.5 Å². The molecule has 0 radical (unpaired) electrons. The highest BCUT2D eigenvalue weighted by molar-refractivity contribution is 7.99. The Morgan fingerprint density at radius 1 is 1.16 bits per heavy atom. The highest BCUT2D eigenvalue weighted by Gasteiger charge is 2.17. The Hall–Kier alpha value is -4.08. The maximum absolute atomic E-state index is 12.5. The Kier molecular flexibility index (Phi) is 8.60. The topological polar surface area (TPSA) is 102 Å². The first-order chi connectivity index (χ1) is 18.0. The second-order valence-corrected chi connectivity index (χ2v) is 9.16. The van der Waals surface area contributed by atoms with Crippen LogP contribution in [0.1, 0.15) is 11.1 Å². The Labute approximate surface area is 223 Å². The van der Waals surface area contributed by atoms with E-state index in [4.69, 9.17) is 16.3 Å². The quantitative estimate of drug-likeness (QED) is 0.125. The molecule has 0 spiro atoms. The number of phenols is 1. The Balaban J connectivity index is 1.50. The fourth-order valence-corrected chi connectivity index (χ4v) is 4.36. The van der Waals surface area contributed by atoms with Gasteiger partial charge < -0.3 is 9.84 Å². The van der Waals surface area contributed by atoms with Crippen molar-refractivity contribution in [2.75, 3.05) is 12.9 Å².